The number of nitrogens with one attached hydrogen (secondary N) is 2. The number of benzene rings is 5. The van der Waals surface area contributed by atoms with Crippen molar-refractivity contribution in [2.75, 3.05) is 19.6 Å². The third kappa shape index (κ3) is 16.8. The van der Waals surface area contributed by atoms with Crippen molar-refractivity contribution in [3.63, 3.8) is 0 Å². The predicted molar refractivity (Wildman–Crippen MR) is 420 cm³/mol. The minimum atomic E-state index is -0.184. The number of carbonyl (C=O) groups is 3. The van der Waals surface area contributed by atoms with Crippen LogP contribution >= 0.6 is 94.2 Å². The van der Waals surface area contributed by atoms with Crippen LogP contribution in [0.2, 0.25) is 15.1 Å². The Morgan fingerprint density at radius 3 is 1.27 bits per heavy atom. The van der Waals surface area contributed by atoms with E-state index in [1.165, 1.54) is 0 Å². The van der Waals surface area contributed by atoms with Gasteiger partial charge in [-0.2, -0.15) is 0 Å². The number of halogens is 7. The van der Waals surface area contributed by atoms with Crippen LogP contribution in [0.5, 0.6) is 11.8 Å². The van der Waals surface area contributed by atoms with E-state index in [2.05, 4.69) is 99.0 Å². The Balaban J connectivity index is 0.000000146. The van der Waals surface area contributed by atoms with Crippen LogP contribution in [0.15, 0.2) is 115 Å². The van der Waals surface area contributed by atoms with Crippen molar-refractivity contribution < 1.29 is 23.9 Å². The van der Waals surface area contributed by atoms with E-state index in [0.29, 0.717) is 113 Å². The van der Waals surface area contributed by atoms with Gasteiger partial charge >= 0.3 is 0 Å². The highest BCUT2D eigenvalue weighted by Gasteiger charge is 2.35. The number of aromatic amines is 1. The summed E-state index contributed by atoms with van der Waals surface area (Å²) in [5.41, 5.74) is 21.2. The molecule has 0 radical (unpaired) electrons. The molecule has 3 amide bonds. The fraction of sp³-hybridized carbons (Fsp3) is 0.299. The van der Waals surface area contributed by atoms with Crippen LogP contribution in [0.3, 0.4) is 0 Å². The van der Waals surface area contributed by atoms with E-state index in [9.17, 15) is 19.2 Å². The van der Waals surface area contributed by atoms with Gasteiger partial charge in [-0.1, -0.05) is 159 Å². The molecule has 14 rings (SSSR count). The predicted octanol–water partition coefficient (Wildman–Crippen LogP) is 16.2. The fourth-order valence-corrected chi connectivity index (χ4v) is 16.5. The SMILES string of the molecule is Cc1cc(C)c(CCl)c(OCc2ccccc2)n1.Cc1cc(C)c(CN2CCc3c(Br)cc(-c4c(C)nnn4C)c(Cl)c3C2=O)c(=O)[nH]1.Cc1cc(C)c(CN2CCc3c(Br)cc(-c4c(C)nnn4C)c(Cl)c3C2=O)c(OCc2ccccc2)n1.Cc1nnn(C)c1-c1cc(Br)c2c(c1Cl)C(=O)NCC2. The van der Waals surface area contributed by atoms with Crippen molar-refractivity contribution in [2.24, 2.45) is 21.1 Å². The maximum Gasteiger partial charge on any atom is 0.256 e. The topological polar surface area (TPSA) is 239 Å². The lowest BCUT2D eigenvalue weighted by molar-refractivity contribution is 0.0718. The second-order valence-corrected chi connectivity index (χ2v) is 29.9. The minimum absolute atomic E-state index is 0.115. The summed E-state index contributed by atoms with van der Waals surface area (Å²) < 4.78 is 19.5. The first-order valence-corrected chi connectivity index (χ1v) is 37.7. The molecular formula is C77H76Br3Cl4N15O6. The summed E-state index contributed by atoms with van der Waals surface area (Å²) >= 11 is 37.0. The number of pyridine rings is 3. The highest BCUT2D eigenvalue weighted by atomic mass is 79.9. The molecular weight excluding hydrogens is 1610 g/mol. The highest BCUT2D eigenvalue weighted by Crippen LogP contribution is 2.44. The highest BCUT2D eigenvalue weighted by molar-refractivity contribution is 9.11. The van der Waals surface area contributed by atoms with Gasteiger partial charge in [0.2, 0.25) is 11.8 Å². The fourth-order valence-electron chi connectivity index (χ4n) is 13.3. The van der Waals surface area contributed by atoms with Gasteiger partial charge in [-0.3, -0.25) is 19.2 Å². The lowest BCUT2D eigenvalue weighted by atomic mass is 9.94. The molecule has 6 aromatic heterocycles. The number of alkyl halides is 1. The van der Waals surface area contributed by atoms with Crippen LogP contribution in [0.4, 0.5) is 0 Å². The summed E-state index contributed by atoms with van der Waals surface area (Å²) in [6.45, 7) is 20.5. The van der Waals surface area contributed by atoms with E-state index in [4.69, 9.17) is 55.9 Å². The van der Waals surface area contributed by atoms with Crippen LogP contribution in [-0.4, -0.2) is 107 Å². The quantitative estimate of drug-likeness (QED) is 0.0963. The van der Waals surface area contributed by atoms with Gasteiger partial charge in [-0.25, -0.2) is 24.0 Å². The molecule has 3 aliphatic rings. The van der Waals surface area contributed by atoms with Crippen molar-refractivity contribution in [3.05, 3.63) is 248 Å². The zero-order valence-corrected chi connectivity index (χ0v) is 67.7. The number of amides is 3. The monoisotopic (exact) mass is 1680 g/mol. The molecule has 0 unspecified atom stereocenters. The largest absolute Gasteiger partial charge is 0.473 e. The number of fused-ring (bicyclic) bond motifs is 3. The number of carbonyl (C=O) groups excluding carboxylic acids is 3. The molecule has 0 spiro atoms. The van der Waals surface area contributed by atoms with Crippen molar-refractivity contribution in [3.8, 4) is 45.5 Å². The Labute approximate surface area is 653 Å². The molecule has 11 aromatic rings. The van der Waals surface area contributed by atoms with Gasteiger partial charge in [-0.15, -0.1) is 26.9 Å². The number of H-pyrrole nitrogens is 1. The number of nitrogens with zero attached hydrogens (tertiary/aromatic N) is 13. The van der Waals surface area contributed by atoms with Crippen molar-refractivity contribution >= 4 is 112 Å². The van der Waals surface area contributed by atoms with Gasteiger partial charge in [0, 0.05) is 105 Å². The molecule has 0 fully saturated rings. The lowest BCUT2D eigenvalue weighted by Gasteiger charge is -2.31. The Hall–Kier alpha value is -8.62. The Kier molecular flexibility index (Phi) is 24.7. The number of aromatic nitrogens is 12. The first-order valence-electron chi connectivity index (χ1n) is 33.7. The summed E-state index contributed by atoms with van der Waals surface area (Å²) in [5.74, 6) is 1.19. The lowest BCUT2D eigenvalue weighted by Crippen LogP contribution is -2.39. The molecule has 0 atom stereocenters. The molecule has 2 N–H and O–H groups in total. The molecule has 3 aliphatic heterocycles. The van der Waals surface area contributed by atoms with Crippen LogP contribution in [0.25, 0.3) is 33.8 Å². The van der Waals surface area contributed by atoms with Gasteiger partial charge in [-0.05, 0) is 162 Å². The third-order valence-electron chi connectivity index (χ3n) is 18.5. The summed E-state index contributed by atoms with van der Waals surface area (Å²) in [6, 6.07) is 31.8. The van der Waals surface area contributed by atoms with Crippen molar-refractivity contribution in [1.82, 2.24) is 75.1 Å². The summed E-state index contributed by atoms with van der Waals surface area (Å²) in [6.07, 6.45) is 2.10. The molecule has 0 aliphatic carbocycles. The zero-order chi connectivity index (χ0) is 75.4. The maximum atomic E-state index is 13.9. The van der Waals surface area contributed by atoms with E-state index < -0.39 is 0 Å². The molecule has 544 valence electrons. The average molecular weight is 1690 g/mol. The van der Waals surface area contributed by atoms with E-state index in [-0.39, 0.29) is 29.8 Å². The van der Waals surface area contributed by atoms with E-state index >= 15 is 0 Å². The molecule has 5 aromatic carbocycles. The van der Waals surface area contributed by atoms with E-state index in [1.54, 1.807) is 33.0 Å². The van der Waals surface area contributed by atoms with Crippen LogP contribution in [0.1, 0.15) is 126 Å². The smallest absolute Gasteiger partial charge is 0.256 e. The van der Waals surface area contributed by atoms with Gasteiger partial charge in [0.25, 0.3) is 23.3 Å². The third-order valence-corrected chi connectivity index (χ3v) is 22.1. The first-order chi connectivity index (χ1) is 50.1. The summed E-state index contributed by atoms with van der Waals surface area (Å²) in [4.78, 5) is 67.3. The molecule has 9 heterocycles. The number of hydrogen-bond acceptors (Lipinski definition) is 14. The normalized spacial score (nSPS) is 13.0. The van der Waals surface area contributed by atoms with Gasteiger partial charge in [0.15, 0.2) is 0 Å². The van der Waals surface area contributed by atoms with Crippen LogP contribution in [0, 0.1) is 62.3 Å². The van der Waals surface area contributed by atoms with Crippen LogP contribution in [-0.2, 0) is 72.6 Å². The number of hydrogen-bond donors (Lipinski definition) is 2. The second-order valence-electron chi connectivity index (χ2n) is 26.0. The van der Waals surface area contributed by atoms with Gasteiger partial charge < -0.3 is 29.6 Å². The Morgan fingerprint density at radius 1 is 0.486 bits per heavy atom. The Bertz CT molecular complexity index is 5180. The summed E-state index contributed by atoms with van der Waals surface area (Å²) in [5, 5.41) is 28.5. The first kappa shape index (κ1) is 77.5. The Morgan fingerprint density at radius 2 is 0.867 bits per heavy atom. The second kappa shape index (κ2) is 33.4. The van der Waals surface area contributed by atoms with Crippen molar-refractivity contribution in [2.45, 2.75) is 114 Å². The molecule has 0 saturated heterocycles. The zero-order valence-electron chi connectivity index (χ0n) is 59.9. The summed E-state index contributed by atoms with van der Waals surface area (Å²) in [7, 11) is 5.41. The molecule has 0 saturated carbocycles. The molecule has 105 heavy (non-hydrogen) atoms. The van der Waals surface area contributed by atoms with Gasteiger partial charge in [0.1, 0.15) is 13.2 Å². The standard InChI is InChI=1S/C28H27BrClN5O2.C21H21BrClN5O2.C15H16ClNO.C13H12BrClN4O/c1-16-12-17(2)31-27(37-15-19-8-6-5-7-9-19)22(16)14-35-11-10-20-23(29)13-21(25(30)24(20)28(35)36)26-18(3)32-33-34(26)4;1-10-7-11(2)24-20(29)15(10)9-28-6-5-13-16(22)8-14(18(23)17(13)21(28)30)19-12(3)25-26-27(19)4;1-11-8-12(2)17-15(14(11)9-16)18-10-13-6-4-3-5-7-13;1-6-12(19(2)18-17-6)8-5-9(14)7-3-4-16-13(20)10(7)11(8)15/h5-9,12-13H,10-11,14-15H2,1-4H3;7-8H,5-6,9H2,1-4H3,(H,24,29);3-8H,9-10H2,1-2H3;5H,3-4H2,1-2H3,(H,16,20). The maximum absolute atomic E-state index is 13.9. The molecule has 21 nitrogen and oxygen atoms in total. The number of aryl methyl sites for hydroxylation is 12. The van der Waals surface area contributed by atoms with Crippen molar-refractivity contribution in [1.29, 1.82) is 0 Å². The minimum Gasteiger partial charge on any atom is -0.473 e. The number of rotatable bonds is 14. The average Bonchev–Trinajstić information content (AvgIpc) is 1.77. The van der Waals surface area contributed by atoms with E-state index in [1.807, 2.05) is 171 Å². The van der Waals surface area contributed by atoms with Gasteiger partial charge in [0.05, 0.1) is 84.9 Å². The number of ether oxygens (including phenoxy) is 2. The van der Waals surface area contributed by atoms with Crippen LogP contribution < -0.4 is 20.3 Å². The molecule has 0 bridgehead atoms. The van der Waals surface area contributed by atoms with E-state index in [0.717, 1.165) is 138 Å². The molecule has 28 heteroatoms.